The maximum Gasteiger partial charge on any atom is 0.136 e. The van der Waals surface area contributed by atoms with Crippen LogP contribution in [-0.2, 0) is 0 Å². The van der Waals surface area contributed by atoms with E-state index in [1.54, 1.807) is 12.3 Å². The van der Waals surface area contributed by atoms with Gasteiger partial charge < -0.3 is 20.4 Å². The van der Waals surface area contributed by atoms with Gasteiger partial charge in [-0.3, -0.25) is 4.98 Å². The first-order chi connectivity index (χ1) is 23.0. The zero-order valence-corrected chi connectivity index (χ0v) is 26.2. The fourth-order valence-electron chi connectivity index (χ4n) is 5.99. The Hall–Kier alpha value is -6.31. The highest BCUT2D eigenvalue weighted by molar-refractivity contribution is 6.16. The smallest absolute Gasteiger partial charge is 0.136 e. The maximum atomic E-state index is 9.64. The van der Waals surface area contributed by atoms with Gasteiger partial charge >= 0.3 is 0 Å². The molecule has 4 heterocycles. The summed E-state index contributed by atoms with van der Waals surface area (Å²) in [4.78, 5) is 6.82. The van der Waals surface area contributed by atoms with Gasteiger partial charge in [0.2, 0.25) is 0 Å². The van der Waals surface area contributed by atoms with E-state index in [2.05, 4.69) is 60.5 Å². The summed E-state index contributed by atoms with van der Waals surface area (Å²) in [6, 6.07) is 19.0. The SMILES string of the molecule is C=Cc1oc2cc(-c3ccc(C4=C(C#N)C=CN(C)C4)nc3)c3ccccc3c2c1/C=C\CC(/C=C\CC1=CNCC=C1C#N)=C/N. The van der Waals surface area contributed by atoms with E-state index in [0.717, 1.165) is 60.8 Å². The number of pyridine rings is 1. The minimum Gasteiger partial charge on any atom is -0.456 e. The molecule has 0 saturated heterocycles. The van der Waals surface area contributed by atoms with Crippen molar-refractivity contribution in [2.45, 2.75) is 12.8 Å². The third kappa shape index (κ3) is 6.29. The Labute approximate surface area is 274 Å². The van der Waals surface area contributed by atoms with Crippen molar-refractivity contribution in [1.29, 1.82) is 10.5 Å². The van der Waals surface area contributed by atoms with Crippen LogP contribution >= 0.6 is 0 Å². The lowest BCUT2D eigenvalue weighted by Crippen LogP contribution is -2.18. The van der Waals surface area contributed by atoms with E-state index in [0.29, 0.717) is 42.8 Å². The molecule has 4 aromatic rings. The van der Waals surface area contributed by atoms with Crippen LogP contribution in [0.3, 0.4) is 0 Å². The van der Waals surface area contributed by atoms with Crippen LogP contribution in [0.15, 0.2) is 131 Å². The topological polar surface area (TPSA) is 115 Å². The van der Waals surface area contributed by atoms with E-state index in [-0.39, 0.29) is 0 Å². The molecule has 2 aromatic carbocycles. The standard InChI is InChI=1S/C40H34N6O/c1-3-38-34(13-7-9-27(21-41)8-6-10-30-24-44-18-16-28(30)22-42)40-33-12-5-4-11-32(33)35(20-39(40)47-38)31-14-15-37(45-25-31)36-26-46(2)19-17-29(36)23-43/h3-8,11-17,19-21,24-25,44H,1,9-10,18,26,41H2,2H3/b8-6-,13-7-,27-21+. The van der Waals surface area contributed by atoms with E-state index < -0.39 is 0 Å². The Kier molecular flexibility index (Phi) is 8.99. The highest BCUT2D eigenvalue weighted by atomic mass is 16.3. The number of furan rings is 1. The minimum atomic E-state index is 0.623. The normalized spacial score (nSPS) is 15.2. The van der Waals surface area contributed by atoms with Gasteiger partial charge in [0.05, 0.1) is 29.0 Å². The van der Waals surface area contributed by atoms with Crippen molar-refractivity contribution in [3.05, 3.63) is 144 Å². The third-order valence-corrected chi connectivity index (χ3v) is 8.37. The number of nitrogens with two attached hydrogens (primary N) is 1. The first kappa shape index (κ1) is 30.7. The molecule has 7 heteroatoms. The summed E-state index contributed by atoms with van der Waals surface area (Å²) in [5, 5.41) is 25.3. The molecule has 7 nitrogen and oxygen atoms in total. The van der Waals surface area contributed by atoms with Crippen molar-refractivity contribution in [1.82, 2.24) is 15.2 Å². The van der Waals surface area contributed by atoms with Crippen molar-refractivity contribution < 1.29 is 4.42 Å². The number of nitrogens with one attached hydrogen (secondary N) is 1. The molecule has 230 valence electrons. The summed E-state index contributed by atoms with van der Waals surface area (Å²) < 4.78 is 6.37. The van der Waals surface area contributed by atoms with Crippen LogP contribution in [0.5, 0.6) is 0 Å². The quantitative estimate of drug-likeness (QED) is 0.183. The van der Waals surface area contributed by atoms with Crippen molar-refractivity contribution in [3.63, 3.8) is 0 Å². The summed E-state index contributed by atoms with van der Waals surface area (Å²) in [5.41, 5.74) is 14.6. The first-order valence-electron chi connectivity index (χ1n) is 15.4. The second-order valence-corrected chi connectivity index (χ2v) is 11.4. The second kappa shape index (κ2) is 13.8. The van der Waals surface area contributed by atoms with E-state index in [1.807, 2.05) is 73.0 Å². The van der Waals surface area contributed by atoms with Crippen molar-refractivity contribution in [2.75, 3.05) is 20.1 Å². The number of hydrogen-bond donors (Lipinski definition) is 2. The zero-order valence-electron chi connectivity index (χ0n) is 26.2. The number of rotatable bonds is 9. The highest BCUT2D eigenvalue weighted by Crippen LogP contribution is 2.40. The molecule has 2 aliphatic heterocycles. The number of allylic oxidation sites excluding steroid dienone is 8. The van der Waals surface area contributed by atoms with Gasteiger partial charge in [0.15, 0.2) is 0 Å². The molecular formula is C40H34N6O. The summed E-state index contributed by atoms with van der Waals surface area (Å²) in [5.74, 6) is 0.693. The average molecular weight is 615 g/mol. The summed E-state index contributed by atoms with van der Waals surface area (Å²) in [7, 11) is 1.98. The first-order valence-corrected chi connectivity index (χ1v) is 15.4. The van der Waals surface area contributed by atoms with Crippen LogP contribution in [0.25, 0.3) is 50.6 Å². The molecule has 0 saturated carbocycles. The van der Waals surface area contributed by atoms with E-state index in [1.165, 1.54) is 0 Å². The third-order valence-electron chi connectivity index (χ3n) is 8.37. The minimum absolute atomic E-state index is 0.623. The van der Waals surface area contributed by atoms with Crippen LogP contribution in [-0.4, -0.2) is 30.0 Å². The molecule has 0 amide bonds. The molecule has 2 aromatic heterocycles. The van der Waals surface area contributed by atoms with Crippen LogP contribution in [0.4, 0.5) is 0 Å². The molecule has 3 N–H and O–H groups in total. The lowest BCUT2D eigenvalue weighted by Gasteiger charge is -2.21. The molecule has 0 fully saturated rings. The lowest BCUT2D eigenvalue weighted by atomic mass is 9.94. The molecule has 0 spiro atoms. The summed E-state index contributed by atoms with van der Waals surface area (Å²) >= 11 is 0. The Morgan fingerprint density at radius 2 is 2.00 bits per heavy atom. The molecule has 0 bridgehead atoms. The van der Waals surface area contributed by atoms with E-state index in [9.17, 15) is 10.5 Å². The van der Waals surface area contributed by atoms with Gasteiger partial charge in [-0.1, -0.05) is 61.2 Å². The fourth-order valence-corrected chi connectivity index (χ4v) is 5.99. The Bertz CT molecular complexity index is 2170. The molecule has 0 unspecified atom stereocenters. The second-order valence-electron chi connectivity index (χ2n) is 11.4. The van der Waals surface area contributed by atoms with E-state index in [4.69, 9.17) is 15.1 Å². The molecule has 6 rings (SSSR count). The van der Waals surface area contributed by atoms with Gasteiger partial charge in [-0.25, -0.2) is 0 Å². The predicted molar refractivity (Wildman–Crippen MR) is 191 cm³/mol. The highest BCUT2D eigenvalue weighted by Gasteiger charge is 2.18. The van der Waals surface area contributed by atoms with Crippen molar-refractivity contribution in [3.8, 4) is 23.3 Å². The number of benzene rings is 2. The molecule has 0 radical (unpaired) electrons. The van der Waals surface area contributed by atoms with E-state index >= 15 is 0 Å². The summed E-state index contributed by atoms with van der Waals surface area (Å²) in [6.45, 7) is 5.32. The molecule has 0 aliphatic carbocycles. The Morgan fingerprint density at radius 1 is 1.15 bits per heavy atom. The molecule has 0 atom stereocenters. The van der Waals surface area contributed by atoms with Crippen molar-refractivity contribution >= 4 is 39.5 Å². The van der Waals surface area contributed by atoms with Crippen LogP contribution < -0.4 is 11.1 Å². The van der Waals surface area contributed by atoms with Gasteiger partial charge in [-0.15, -0.1) is 0 Å². The summed E-state index contributed by atoms with van der Waals surface area (Å²) in [6.07, 6.45) is 22.2. The average Bonchev–Trinajstić information content (AvgIpc) is 3.48. The Balaban J connectivity index is 1.30. The van der Waals surface area contributed by atoms with Gasteiger partial charge in [-0.2, -0.15) is 10.5 Å². The molecule has 2 aliphatic rings. The molecular weight excluding hydrogens is 580 g/mol. The van der Waals surface area contributed by atoms with Gasteiger partial charge in [0, 0.05) is 60.8 Å². The number of hydrogen-bond acceptors (Lipinski definition) is 7. The van der Waals surface area contributed by atoms with Gasteiger partial charge in [0.1, 0.15) is 11.3 Å². The lowest BCUT2D eigenvalue weighted by molar-refractivity contribution is 0.511. The molecule has 47 heavy (non-hydrogen) atoms. The number of aromatic nitrogens is 1. The van der Waals surface area contributed by atoms with Crippen LogP contribution in [0, 0.1) is 22.7 Å². The van der Waals surface area contributed by atoms with Gasteiger partial charge in [0.25, 0.3) is 0 Å². The Morgan fingerprint density at radius 3 is 2.74 bits per heavy atom. The number of nitrogens with zero attached hydrogens (tertiary/aromatic N) is 4. The van der Waals surface area contributed by atoms with Gasteiger partial charge in [-0.05, 0) is 76.9 Å². The number of nitriles is 2. The monoisotopic (exact) mass is 614 g/mol. The fraction of sp³-hybridized carbons (Fsp3) is 0.125. The number of likely N-dealkylation sites (N-methyl/N-ethyl adjacent to an activating group) is 1. The maximum absolute atomic E-state index is 9.64. The van der Waals surface area contributed by atoms with Crippen molar-refractivity contribution in [2.24, 2.45) is 5.73 Å². The predicted octanol–water partition coefficient (Wildman–Crippen LogP) is 8.16. The largest absolute Gasteiger partial charge is 0.456 e. The number of fused-ring (bicyclic) bond motifs is 3. The zero-order chi connectivity index (χ0) is 32.8. The van der Waals surface area contributed by atoms with Crippen LogP contribution in [0.1, 0.15) is 29.9 Å². The number of dihydropyridines is 1. The van der Waals surface area contributed by atoms with Crippen LogP contribution in [0.2, 0.25) is 0 Å².